The summed E-state index contributed by atoms with van der Waals surface area (Å²) in [4.78, 5) is 0. The van der Waals surface area contributed by atoms with E-state index in [0.29, 0.717) is 5.02 Å². The molecule has 6 heteroatoms. The van der Waals surface area contributed by atoms with Crippen molar-refractivity contribution in [2.75, 3.05) is 5.32 Å². The van der Waals surface area contributed by atoms with Crippen LogP contribution < -0.4 is 9.88 Å². The summed E-state index contributed by atoms with van der Waals surface area (Å²) in [5.41, 5.74) is 2.23. The van der Waals surface area contributed by atoms with Crippen molar-refractivity contribution in [3.63, 3.8) is 0 Å². The molecule has 1 aromatic heterocycles. The van der Waals surface area contributed by atoms with Gasteiger partial charge in [0.25, 0.3) is 0 Å². The van der Waals surface area contributed by atoms with Crippen molar-refractivity contribution in [1.29, 1.82) is 0 Å². The summed E-state index contributed by atoms with van der Waals surface area (Å²) in [6.07, 6.45) is 0. The van der Waals surface area contributed by atoms with E-state index in [-0.39, 0.29) is 5.69 Å². The largest absolute Gasteiger partial charge is 0.339 e. The normalized spacial score (nSPS) is 10.7. The average molecular weight is 338 g/mol. The molecule has 0 atom stereocenters. The van der Waals surface area contributed by atoms with Crippen LogP contribution in [-0.2, 0) is 7.05 Å². The smallest absolute Gasteiger partial charge is 0.229 e. The molecule has 0 saturated heterocycles. The Morgan fingerprint density at radius 3 is 2.50 bits per heavy atom. The van der Waals surface area contributed by atoms with Crippen molar-refractivity contribution in [2.45, 2.75) is 0 Å². The Kier molecular flexibility index (Phi) is 4.09. The van der Waals surface area contributed by atoms with E-state index >= 15 is 0 Å². The molecule has 0 aliphatic rings. The Morgan fingerprint density at radius 1 is 1.09 bits per heavy atom. The molecular weight excluding hydrogens is 326 g/mol. The van der Waals surface area contributed by atoms with Gasteiger partial charge < -0.3 is 0 Å². The van der Waals surface area contributed by atoms with Crippen LogP contribution in [0.2, 0.25) is 5.02 Å². The van der Waals surface area contributed by atoms with E-state index in [4.69, 9.17) is 11.6 Å². The molecule has 0 aliphatic heterocycles. The van der Waals surface area contributed by atoms with E-state index in [0.717, 1.165) is 22.5 Å². The Balaban J connectivity index is 1.92. The molecule has 1 N–H and O–H groups in total. The van der Waals surface area contributed by atoms with Gasteiger partial charge in [-0.1, -0.05) is 22.9 Å². The second-order valence-electron chi connectivity index (χ2n) is 4.74. The maximum absolute atomic E-state index is 13.7. The second kappa shape index (κ2) is 6.02. The third-order valence-corrected chi connectivity index (χ3v) is 4.45. The van der Waals surface area contributed by atoms with E-state index in [1.165, 1.54) is 23.5 Å². The van der Waals surface area contributed by atoms with Crippen LogP contribution in [0.15, 0.2) is 47.8 Å². The van der Waals surface area contributed by atoms with Gasteiger partial charge >= 0.3 is 5.13 Å². The monoisotopic (exact) mass is 337 g/mol. The zero-order chi connectivity index (χ0) is 15.7. The van der Waals surface area contributed by atoms with Crippen molar-refractivity contribution >= 4 is 33.8 Å². The highest BCUT2D eigenvalue weighted by Crippen LogP contribution is 2.27. The van der Waals surface area contributed by atoms with Crippen LogP contribution in [0.3, 0.4) is 0 Å². The fraction of sp³-hybridized carbons (Fsp3) is 0.0625. The zero-order valence-electron chi connectivity index (χ0n) is 11.6. The molecule has 0 radical (unpaired) electrons. The molecule has 0 fully saturated rings. The molecule has 0 bridgehead atoms. The molecule has 0 spiro atoms. The topological polar surface area (TPSA) is 15.9 Å². The van der Waals surface area contributed by atoms with E-state index < -0.39 is 11.6 Å². The first kappa shape index (κ1) is 14.9. The van der Waals surface area contributed by atoms with Crippen molar-refractivity contribution in [3.05, 3.63) is 64.5 Å². The van der Waals surface area contributed by atoms with Gasteiger partial charge in [0.1, 0.15) is 11.5 Å². The molecule has 0 amide bonds. The standard InChI is InChI=1S/C16H11ClF2N2S/c1-21-15(10-2-4-11(17)5-3-10)9-22-16(21)20-14-7-6-12(18)8-13(14)19/h2-9H,1H3/p+1. The number of anilines is 2. The minimum atomic E-state index is -0.624. The van der Waals surface area contributed by atoms with Gasteiger partial charge in [-0.3, -0.25) is 0 Å². The molecular formula is C16H12ClF2N2S+. The third kappa shape index (κ3) is 2.96. The lowest BCUT2D eigenvalue weighted by Crippen LogP contribution is -2.31. The summed E-state index contributed by atoms with van der Waals surface area (Å²) in [7, 11) is 1.88. The van der Waals surface area contributed by atoms with Gasteiger partial charge in [-0.25, -0.2) is 18.7 Å². The maximum Gasteiger partial charge on any atom is 0.339 e. The van der Waals surface area contributed by atoms with Gasteiger partial charge in [0.05, 0.1) is 7.05 Å². The maximum atomic E-state index is 13.7. The summed E-state index contributed by atoms with van der Waals surface area (Å²) in [5.74, 6) is -1.22. The van der Waals surface area contributed by atoms with E-state index in [1.54, 1.807) is 0 Å². The highest BCUT2D eigenvalue weighted by atomic mass is 35.5. The van der Waals surface area contributed by atoms with Crippen molar-refractivity contribution in [2.24, 2.45) is 7.05 Å². The average Bonchev–Trinajstić information content (AvgIpc) is 2.84. The summed E-state index contributed by atoms with van der Waals surface area (Å²) >= 11 is 7.33. The number of nitrogens with one attached hydrogen (secondary N) is 1. The number of thiazole rings is 1. The molecule has 112 valence electrons. The Labute approximate surface area is 135 Å². The highest BCUT2D eigenvalue weighted by molar-refractivity contribution is 7.13. The van der Waals surface area contributed by atoms with E-state index in [9.17, 15) is 8.78 Å². The number of hydrogen-bond acceptors (Lipinski definition) is 2. The van der Waals surface area contributed by atoms with Gasteiger partial charge in [-0.15, -0.1) is 0 Å². The molecule has 0 saturated carbocycles. The number of hydrogen-bond donors (Lipinski definition) is 1. The van der Waals surface area contributed by atoms with Crippen molar-refractivity contribution < 1.29 is 13.3 Å². The fourth-order valence-electron chi connectivity index (χ4n) is 2.08. The lowest BCUT2D eigenvalue weighted by Gasteiger charge is -2.02. The van der Waals surface area contributed by atoms with Gasteiger partial charge in [-0.2, -0.15) is 0 Å². The number of benzene rings is 2. The van der Waals surface area contributed by atoms with Gasteiger partial charge in [0.15, 0.2) is 11.5 Å². The van der Waals surface area contributed by atoms with Crippen molar-refractivity contribution in [3.8, 4) is 11.3 Å². The molecule has 3 aromatic rings. The Morgan fingerprint density at radius 2 is 1.82 bits per heavy atom. The first-order chi connectivity index (χ1) is 10.5. The Hall–Kier alpha value is -1.98. The van der Waals surface area contributed by atoms with E-state index in [1.807, 2.05) is 41.3 Å². The zero-order valence-corrected chi connectivity index (χ0v) is 13.2. The lowest BCUT2D eigenvalue weighted by atomic mass is 10.2. The third-order valence-electron chi connectivity index (χ3n) is 3.26. The highest BCUT2D eigenvalue weighted by Gasteiger charge is 2.18. The lowest BCUT2D eigenvalue weighted by molar-refractivity contribution is -0.641. The van der Waals surface area contributed by atoms with E-state index in [2.05, 4.69) is 5.32 Å². The fourth-order valence-corrected chi connectivity index (χ4v) is 3.15. The summed E-state index contributed by atoms with van der Waals surface area (Å²) in [6, 6.07) is 10.9. The predicted molar refractivity (Wildman–Crippen MR) is 85.6 cm³/mol. The van der Waals surface area contributed by atoms with Crippen LogP contribution in [-0.4, -0.2) is 0 Å². The van der Waals surface area contributed by atoms with Crippen LogP contribution in [0, 0.1) is 11.6 Å². The number of nitrogens with zero attached hydrogens (tertiary/aromatic N) is 1. The number of rotatable bonds is 3. The molecule has 3 rings (SSSR count). The SMILES string of the molecule is C[n+]1c(-c2ccc(Cl)cc2)csc1Nc1ccc(F)cc1F. The first-order valence-electron chi connectivity index (χ1n) is 6.50. The minimum Gasteiger partial charge on any atom is -0.229 e. The van der Waals surface area contributed by atoms with Crippen molar-refractivity contribution in [1.82, 2.24) is 0 Å². The number of halogens is 3. The van der Waals surface area contributed by atoms with Crippen LogP contribution >= 0.6 is 22.9 Å². The summed E-state index contributed by atoms with van der Waals surface area (Å²) in [5, 5.41) is 6.37. The van der Waals surface area contributed by atoms with Crippen LogP contribution in [0.25, 0.3) is 11.3 Å². The molecule has 0 unspecified atom stereocenters. The van der Waals surface area contributed by atoms with Gasteiger partial charge in [0, 0.05) is 22.0 Å². The van der Waals surface area contributed by atoms with Crippen LogP contribution in [0.5, 0.6) is 0 Å². The van der Waals surface area contributed by atoms with Crippen LogP contribution in [0.1, 0.15) is 0 Å². The predicted octanol–water partition coefficient (Wildman–Crippen LogP) is 4.91. The quantitative estimate of drug-likeness (QED) is 0.671. The molecule has 2 aromatic carbocycles. The molecule has 1 heterocycles. The number of aromatic nitrogens is 1. The molecule has 22 heavy (non-hydrogen) atoms. The molecule has 0 aliphatic carbocycles. The Bertz CT molecular complexity index is 816. The van der Waals surface area contributed by atoms with Gasteiger partial charge in [-0.05, 0) is 36.4 Å². The summed E-state index contributed by atoms with van der Waals surface area (Å²) < 4.78 is 28.6. The summed E-state index contributed by atoms with van der Waals surface area (Å²) in [6.45, 7) is 0. The molecule has 2 nitrogen and oxygen atoms in total. The van der Waals surface area contributed by atoms with Gasteiger partial charge in [0.2, 0.25) is 0 Å². The second-order valence-corrected chi connectivity index (χ2v) is 6.04. The van der Waals surface area contributed by atoms with Crippen LogP contribution in [0.4, 0.5) is 19.6 Å². The minimum absolute atomic E-state index is 0.238. The first-order valence-corrected chi connectivity index (χ1v) is 7.76.